The Labute approximate surface area is 82.5 Å². The zero-order chi connectivity index (χ0) is 10.4. The molecule has 0 heterocycles. The van der Waals surface area contributed by atoms with Crippen LogP contribution < -0.4 is 5.73 Å². The number of nitrogens with two attached hydrogens (primary N) is 1. The SMILES string of the molecule is N#CCC=Cc1ccc(CN)c(F)c1. The standard InChI is InChI=1S/C11H11FN2/c12-11-7-9(3-1-2-6-13)4-5-10(11)8-14/h1,3-5,7H,2,8,14H2. The Morgan fingerprint density at radius 2 is 2.29 bits per heavy atom. The van der Waals surface area contributed by atoms with E-state index in [1.54, 1.807) is 24.3 Å². The molecule has 0 radical (unpaired) electrons. The Hall–Kier alpha value is -1.66. The molecule has 0 saturated heterocycles. The number of rotatable bonds is 3. The highest BCUT2D eigenvalue weighted by molar-refractivity contribution is 5.50. The Bertz CT molecular complexity index is 377. The topological polar surface area (TPSA) is 49.8 Å². The summed E-state index contributed by atoms with van der Waals surface area (Å²) in [7, 11) is 0. The van der Waals surface area contributed by atoms with Gasteiger partial charge < -0.3 is 5.73 Å². The highest BCUT2D eigenvalue weighted by Gasteiger charge is 1.99. The summed E-state index contributed by atoms with van der Waals surface area (Å²) >= 11 is 0. The number of nitriles is 1. The molecule has 0 atom stereocenters. The van der Waals surface area contributed by atoms with Gasteiger partial charge in [0.15, 0.2) is 0 Å². The average Bonchev–Trinajstić information content (AvgIpc) is 2.18. The van der Waals surface area contributed by atoms with Crippen LogP contribution in [0, 0.1) is 17.1 Å². The monoisotopic (exact) mass is 190 g/mol. The number of hydrogen-bond acceptors (Lipinski definition) is 2. The van der Waals surface area contributed by atoms with E-state index in [9.17, 15) is 4.39 Å². The quantitative estimate of drug-likeness (QED) is 0.794. The second-order valence-electron chi connectivity index (χ2n) is 2.82. The van der Waals surface area contributed by atoms with Crippen molar-refractivity contribution in [1.29, 1.82) is 5.26 Å². The van der Waals surface area contributed by atoms with Gasteiger partial charge in [-0.2, -0.15) is 5.26 Å². The summed E-state index contributed by atoms with van der Waals surface area (Å²) in [6.45, 7) is 0.202. The van der Waals surface area contributed by atoms with Gasteiger partial charge in [0, 0.05) is 12.1 Å². The van der Waals surface area contributed by atoms with E-state index in [0.717, 1.165) is 5.56 Å². The maximum atomic E-state index is 13.2. The largest absolute Gasteiger partial charge is 0.326 e. The third-order valence-electron chi connectivity index (χ3n) is 1.82. The molecule has 1 aromatic carbocycles. The fraction of sp³-hybridized carbons (Fsp3) is 0.182. The molecule has 0 spiro atoms. The van der Waals surface area contributed by atoms with Crippen molar-refractivity contribution in [2.45, 2.75) is 13.0 Å². The van der Waals surface area contributed by atoms with Gasteiger partial charge in [-0.15, -0.1) is 0 Å². The van der Waals surface area contributed by atoms with Crippen molar-refractivity contribution in [3.63, 3.8) is 0 Å². The molecule has 0 aliphatic rings. The second kappa shape index (κ2) is 5.15. The zero-order valence-corrected chi connectivity index (χ0v) is 7.70. The first-order chi connectivity index (χ1) is 6.77. The minimum absolute atomic E-state index is 0.202. The van der Waals surface area contributed by atoms with Crippen molar-refractivity contribution in [1.82, 2.24) is 0 Å². The van der Waals surface area contributed by atoms with Crippen molar-refractivity contribution < 1.29 is 4.39 Å². The van der Waals surface area contributed by atoms with Crippen molar-refractivity contribution in [3.05, 3.63) is 41.2 Å². The first-order valence-corrected chi connectivity index (χ1v) is 4.30. The van der Waals surface area contributed by atoms with Gasteiger partial charge in [0.1, 0.15) is 5.82 Å². The molecule has 0 aromatic heterocycles. The minimum atomic E-state index is -0.299. The van der Waals surface area contributed by atoms with E-state index >= 15 is 0 Å². The molecule has 1 aromatic rings. The van der Waals surface area contributed by atoms with Crippen LogP contribution in [0.1, 0.15) is 17.5 Å². The van der Waals surface area contributed by atoms with E-state index in [2.05, 4.69) is 0 Å². The van der Waals surface area contributed by atoms with E-state index in [-0.39, 0.29) is 12.4 Å². The van der Waals surface area contributed by atoms with Crippen LogP contribution in [0.2, 0.25) is 0 Å². The van der Waals surface area contributed by atoms with Gasteiger partial charge in [0.25, 0.3) is 0 Å². The van der Waals surface area contributed by atoms with Gasteiger partial charge in [0.05, 0.1) is 12.5 Å². The van der Waals surface area contributed by atoms with Gasteiger partial charge in [-0.3, -0.25) is 0 Å². The molecule has 0 saturated carbocycles. The summed E-state index contributed by atoms with van der Waals surface area (Å²) in [5.74, 6) is -0.299. The maximum absolute atomic E-state index is 13.2. The molecule has 0 aliphatic heterocycles. The van der Waals surface area contributed by atoms with Gasteiger partial charge in [-0.25, -0.2) is 4.39 Å². The molecule has 0 bridgehead atoms. The van der Waals surface area contributed by atoms with Crippen molar-refractivity contribution in [3.8, 4) is 6.07 Å². The van der Waals surface area contributed by atoms with Crippen LogP contribution in [0.15, 0.2) is 24.3 Å². The smallest absolute Gasteiger partial charge is 0.128 e. The first-order valence-electron chi connectivity index (χ1n) is 4.30. The summed E-state index contributed by atoms with van der Waals surface area (Å²) in [6, 6.07) is 6.82. The number of halogens is 1. The van der Waals surface area contributed by atoms with Crippen LogP contribution in [0.5, 0.6) is 0 Å². The average molecular weight is 190 g/mol. The lowest BCUT2D eigenvalue weighted by molar-refractivity contribution is 0.610. The second-order valence-corrected chi connectivity index (χ2v) is 2.82. The van der Waals surface area contributed by atoms with Crippen LogP contribution in [0.4, 0.5) is 4.39 Å². The maximum Gasteiger partial charge on any atom is 0.128 e. The van der Waals surface area contributed by atoms with Crippen molar-refractivity contribution in [2.75, 3.05) is 0 Å². The minimum Gasteiger partial charge on any atom is -0.326 e. The molecule has 0 fully saturated rings. The Morgan fingerprint density at radius 3 is 2.86 bits per heavy atom. The van der Waals surface area contributed by atoms with E-state index in [0.29, 0.717) is 12.0 Å². The summed E-state index contributed by atoms with van der Waals surface area (Å²) in [4.78, 5) is 0. The zero-order valence-electron chi connectivity index (χ0n) is 7.70. The molecule has 0 aliphatic carbocycles. The predicted octanol–water partition coefficient (Wildman–Crippen LogP) is 2.21. The van der Waals surface area contributed by atoms with Crippen LogP contribution in [-0.2, 0) is 6.54 Å². The van der Waals surface area contributed by atoms with Crippen molar-refractivity contribution >= 4 is 6.08 Å². The third kappa shape index (κ3) is 2.68. The van der Waals surface area contributed by atoms with Gasteiger partial charge in [-0.05, 0) is 11.6 Å². The molecule has 1 rings (SSSR count). The summed E-state index contributed by atoms with van der Waals surface area (Å²) < 4.78 is 13.2. The van der Waals surface area contributed by atoms with Crippen molar-refractivity contribution in [2.24, 2.45) is 5.73 Å². The Balaban J connectivity index is 2.82. The fourth-order valence-corrected chi connectivity index (χ4v) is 1.08. The molecular weight excluding hydrogens is 179 g/mol. The number of nitrogens with zero attached hydrogens (tertiary/aromatic N) is 1. The molecule has 2 N–H and O–H groups in total. The Kier molecular flexibility index (Phi) is 3.84. The highest BCUT2D eigenvalue weighted by Crippen LogP contribution is 2.11. The normalized spacial score (nSPS) is 10.4. The molecular formula is C11H11FN2. The first kappa shape index (κ1) is 10.4. The number of allylic oxidation sites excluding steroid dienone is 1. The summed E-state index contributed by atoms with van der Waals surface area (Å²) in [5.41, 5.74) is 6.57. The van der Waals surface area contributed by atoms with Gasteiger partial charge >= 0.3 is 0 Å². The fourth-order valence-electron chi connectivity index (χ4n) is 1.08. The summed E-state index contributed by atoms with van der Waals surface area (Å²) in [5, 5.41) is 8.29. The van der Waals surface area contributed by atoms with Gasteiger partial charge in [0.2, 0.25) is 0 Å². The Morgan fingerprint density at radius 1 is 1.50 bits per heavy atom. The van der Waals surface area contributed by atoms with E-state index in [1.165, 1.54) is 6.07 Å². The van der Waals surface area contributed by atoms with E-state index in [1.807, 2.05) is 6.07 Å². The molecule has 3 heteroatoms. The molecule has 14 heavy (non-hydrogen) atoms. The van der Waals surface area contributed by atoms with Crippen LogP contribution in [0.25, 0.3) is 6.08 Å². The lowest BCUT2D eigenvalue weighted by Crippen LogP contribution is -1.99. The van der Waals surface area contributed by atoms with Crippen LogP contribution in [-0.4, -0.2) is 0 Å². The molecule has 0 unspecified atom stereocenters. The number of benzene rings is 1. The van der Waals surface area contributed by atoms with Crippen LogP contribution in [0.3, 0.4) is 0 Å². The highest BCUT2D eigenvalue weighted by atomic mass is 19.1. The molecule has 0 amide bonds. The lowest BCUT2D eigenvalue weighted by atomic mass is 10.1. The van der Waals surface area contributed by atoms with E-state index < -0.39 is 0 Å². The third-order valence-corrected chi connectivity index (χ3v) is 1.82. The van der Waals surface area contributed by atoms with Crippen LogP contribution >= 0.6 is 0 Å². The summed E-state index contributed by atoms with van der Waals surface area (Å²) in [6.07, 6.45) is 3.74. The molecule has 2 nitrogen and oxygen atoms in total. The lowest BCUT2D eigenvalue weighted by Gasteiger charge is -2.00. The number of hydrogen-bond donors (Lipinski definition) is 1. The van der Waals surface area contributed by atoms with Gasteiger partial charge in [-0.1, -0.05) is 24.3 Å². The van der Waals surface area contributed by atoms with E-state index in [4.69, 9.17) is 11.0 Å². The predicted molar refractivity (Wildman–Crippen MR) is 53.6 cm³/mol. The molecule has 72 valence electrons.